The van der Waals surface area contributed by atoms with Crippen molar-refractivity contribution >= 4 is 21.9 Å². The van der Waals surface area contributed by atoms with E-state index in [9.17, 15) is 9.90 Å². The predicted molar refractivity (Wildman–Crippen MR) is 85.6 cm³/mol. The number of hydrogen-bond acceptors (Lipinski definition) is 3. The quantitative estimate of drug-likeness (QED) is 0.879. The lowest BCUT2D eigenvalue weighted by Gasteiger charge is -2.43. The largest absolute Gasteiger partial charge is 0.492 e. The number of carboxylic acid groups (broad SMARTS) is 1. The summed E-state index contributed by atoms with van der Waals surface area (Å²) >= 11 is 3.41. The van der Waals surface area contributed by atoms with Gasteiger partial charge in [-0.25, -0.2) is 0 Å². The van der Waals surface area contributed by atoms with Crippen molar-refractivity contribution in [3.05, 3.63) is 28.7 Å². The van der Waals surface area contributed by atoms with Gasteiger partial charge in [0.1, 0.15) is 18.4 Å². The van der Waals surface area contributed by atoms with Crippen molar-refractivity contribution in [1.82, 2.24) is 4.90 Å². The van der Waals surface area contributed by atoms with Gasteiger partial charge in [0.25, 0.3) is 0 Å². The van der Waals surface area contributed by atoms with Crippen LogP contribution in [0.2, 0.25) is 0 Å². The lowest BCUT2D eigenvalue weighted by atomic mass is 9.76. The third-order valence-electron chi connectivity index (χ3n) is 4.05. The zero-order chi connectivity index (χ0) is 15.5. The molecule has 5 heteroatoms. The monoisotopic (exact) mass is 355 g/mol. The fourth-order valence-electron chi connectivity index (χ4n) is 3.07. The first-order chi connectivity index (χ1) is 9.90. The smallest absolute Gasteiger partial charge is 0.321 e. The van der Waals surface area contributed by atoms with Crippen molar-refractivity contribution in [2.75, 3.05) is 19.7 Å². The van der Waals surface area contributed by atoms with Crippen molar-refractivity contribution in [1.29, 1.82) is 0 Å². The Kier molecular flexibility index (Phi) is 5.27. The number of halogens is 1. The lowest BCUT2D eigenvalue weighted by Crippen LogP contribution is -2.55. The molecule has 1 N–H and O–H groups in total. The zero-order valence-electron chi connectivity index (χ0n) is 12.5. The number of nitrogens with zero attached hydrogens (tertiary/aromatic N) is 1. The molecule has 1 saturated heterocycles. The van der Waals surface area contributed by atoms with Crippen molar-refractivity contribution in [2.24, 2.45) is 5.41 Å². The second-order valence-corrected chi connectivity index (χ2v) is 7.09. The summed E-state index contributed by atoms with van der Waals surface area (Å²) in [5.74, 6) is 0.0645. The first kappa shape index (κ1) is 16.3. The van der Waals surface area contributed by atoms with E-state index in [1.54, 1.807) is 0 Å². The van der Waals surface area contributed by atoms with Crippen molar-refractivity contribution < 1.29 is 14.6 Å². The van der Waals surface area contributed by atoms with Crippen LogP contribution < -0.4 is 4.74 Å². The topological polar surface area (TPSA) is 49.8 Å². The van der Waals surface area contributed by atoms with Crippen LogP contribution in [0.4, 0.5) is 0 Å². The molecule has 116 valence electrons. The first-order valence-corrected chi connectivity index (χ1v) is 8.05. The second-order valence-electron chi connectivity index (χ2n) is 6.17. The number of piperidine rings is 1. The third-order valence-corrected chi connectivity index (χ3v) is 4.54. The molecule has 1 atom stereocenters. The number of likely N-dealkylation sites (tertiary alicyclic amines) is 1. The van der Waals surface area contributed by atoms with Gasteiger partial charge in [-0.1, -0.05) is 35.8 Å². The Morgan fingerprint density at radius 2 is 2.29 bits per heavy atom. The number of carbonyl (C=O) groups is 1. The Hall–Kier alpha value is -1.07. The molecule has 1 aliphatic rings. The Balaban J connectivity index is 1.93. The maximum Gasteiger partial charge on any atom is 0.321 e. The Bertz CT molecular complexity index is 504. The van der Waals surface area contributed by atoms with Crippen molar-refractivity contribution in [3.8, 4) is 5.75 Å². The highest BCUT2D eigenvalue weighted by Gasteiger charge is 2.42. The van der Waals surface area contributed by atoms with E-state index < -0.39 is 12.0 Å². The van der Waals surface area contributed by atoms with E-state index in [1.165, 1.54) is 0 Å². The Morgan fingerprint density at radius 1 is 1.52 bits per heavy atom. The van der Waals surface area contributed by atoms with Gasteiger partial charge in [0.05, 0.1) is 0 Å². The molecule has 21 heavy (non-hydrogen) atoms. The van der Waals surface area contributed by atoms with E-state index in [-0.39, 0.29) is 5.41 Å². The average molecular weight is 356 g/mol. The normalized spacial score (nSPS) is 22.0. The molecule has 1 unspecified atom stereocenters. The summed E-state index contributed by atoms with van der Waals surface area (Å²) in [5, 5.41) is 9.51. The maximum atomic E-state index is 11.6. The summed E-state index contributed by atoms with van der Waals surface area (Å²) in [6.45, 7) is 6.02. The molecule has 0 bridgehead atoms. The van der Waals surface area contributed by atoms with Gasteiger partial charge >= 0.3 is 5.97 Å². The van der Waals surface area contributed by atoms with Gasteiger partial charge in [-0.3, -0.25) is 9.69 Å². The van der Waals surface area contributed by atoms with Crippen molar-refractivity contribution in [3.63, 3.8) is 0 Å². The molecule has 1 aromatic rings. The summed E-state index contributed by atoms with van der Waals surface area (Å²) in [6.07, 6.45) is 1.99. The van der Waals surface area contributed by atoms with E-state index in [4.69, 9.17) is 4.74 Å². The molecule has 1 fully saturated rings. The molecule has 1 aromatic carbocycles. The van der Waals surface area contributed by atoms with Crippen LogP contribution in [0.15, 0.2) is 28.7 Å². The molecule has 1 heterocycles. The minimum atomic E-state index is -0.734. The standard InChI is InChI=1S/C16H22BrNO3/c1-16(2)7-4-8-18(14(16)15(19)20)9-10-21-13-6-3-5-12(17)11-13/h3,5-6,11,14H,4,7-10H2,1-2H3,(H,19,20). The summed E-state index contributed by atoms with van der Waals surface area (Å²) in [6, 6.07) is 7.25. The number of benzene rings is 1. The van der Waals surface area contributed by atoms with E-state index in [1.807, 2.05) is 43.0 Å². The SMILES string of the molecule is CC1(C)CCCN(CCOc2cccc(Br)c2)C1C(=O)O. The molecule has 2 rings (SSSR count). The molecule has 0 aliphatic carbocycles. The van der Waals surface area contributed by atoms with E-state index in [2.05, 4.69) is 15.9 Å². The molecule has 4 nitrogen and oxygen atoms in total. The molecule has 0 radical (unpaired) electrons. The summed E-state index contributed by atoms with van der Waals surface area (Å²) in [4.78, 5) is 13.6. The highest BCUT2D eigenvalue weighted by molar-refractivity contribution is 9.10. The number of carboxylic acids is 1. The lowest BCUT2D eigenvalue weighted by molar-refractivity contribution is -0.150. The number of rotatable bonds is 5. The van der Waals surface area contributed by atoms with Crippen LogP contribution in [-0.2, 0) is 4.79 Å². The summed E-state index contributed by atoms with van der Waals surface area (Å²) < 4.78 is 6.70. The molecular formula is C16H22BrNO3. The Labute approximate surface area is 134 Å². The van der Waals surface area contributed by atoms with Gasteiger partial charge in [-0.2, -0.15) is 0 Å². The van der Waals surface area contributed by atoms with E-state index in [0.717, 1.165) is 29.6 Å². The number of hydrogen-bond donors (Lipinski definition) is 1. The molecule has 1 aliphatic heterocycles. The number of ether oxygens (including phenoxy) is 1. The Morgan fingerprint density at radius 3 is 2.95 bits per heavy atom. The fourth-order valence-corrected chi connectivity index (χ4v) is 3.44. The van der Waals surface area contributed by atoms with Crippen LogP contribution in [-0.4, -0.2) is 41.7 Å². The predicted octanol–water partition coefficient (Wildman–Crippen LogP) is 3.40. The maximum absolute atomic E-state index is 11.6. The van der Waals surface area contributed by atoms with Crippen LogP contribution in [0.5, 0.6) is 5.75 Å². The highest BCUT2D eigenvalue weighted by atomic mass is 79.9. The van der Waals surface area contributed by atoms with Gasteiger partial charge in [0.15, 0.2) is 0 Å². The van der Waals surface area contributed by atoms with Gasteiger partial charge in [-0.05, 0) is 43.0 Å². The van der Waals surface area contributed by atoms with Crippen molar-refractivity contribution in [2.45, 2.75) is 32.7 Å². The molecule has 0 saturated carbocycles. The minimum Gasteiger partial charge on any atom is -0.492 e. The average Bonchev–Trinajstić information content (AvgIpc) is 2.37. The van der Waals surface area contributed by atoms with Crippen LogP contribution in [0, 0.1) is 5.41 Å². The first-order valence-electron chi connectivity index (χ1n) is 7.25. The number of aliphatic carboxylic acids is 1. The fraction of sp³-hybridized carbons (Fsp3) is 0.562. The van der Waals surface area contributed by atoms with Crippen LogP contribution in [0.25, 0.3) is 0 Å². The molecular weight excluding hydrogens is 334 g/mol. The zero-order valence-corrected chi connectivity index (χ0v) is 14.1. The summed E-state index contributed by atoms with van der Waals surface area (Å²) in [5.41, 5.74) is -0.195. The van der Waals surface area contributed by atoms with Crippen LogP contribution >= 0.6 is 15.9 Å². The summed E-state index contributed by atoms with van der Waals surface area (Å²) in [7, 11) is 0. The minimum absolute atomic E-state index is 0.195. The second kappa shape index (κ2) is 6.79. The molecule has 0 aromatic heterocycles. The van der Waals surface area contributed by atoms with Crippen LogP contribution in [0.1, 0.15) is 26.7 Å². The van der Waals surface area contributed by atoms with E-state index >= 15 is 0 Å². The van der Waals surface area contributed by atoms with Gasteiger partial charge in [0, 0.05) is 11.0 Å². The van der Waals surface area contributed by atoms with Crippen LogP contribution in [0.3, 0.4) is 0 Å². The third kappa shape index (κ3) is 4.20. The van der Waals surface area contributed by atoms with Gasteiger partial charge < -0.3 is 9.84 Å². The highest BCUT2D eigenvalue weighted by Crippen LogP contribution is 2.35. The van der Waals surface area contributed by atoms with E-state index in [0.29, 0.717) is 13.2 Å². The van der Waals surface area contributed by atoms with Gasteiger partial charge in [-0.15, -0.1) is 0 Å². The molecule has 0 spiro atoms. The van der Waals surface area contributed by atoms with Gasteiger partial charge in [0.2, 0.25) is 0 Å². The molecule has 0 amide bonds.